The van der Waals surface area contributed by atoms with Gasteiger partial charge in [0.2, 0.25) is 11.9 Å². The second-order valence-corrected chi connectivity index (χ2v) is 10.7. The highest BCUT2D eigenvalue weighted by Crippen LogP contribution is 2.31. The van der Waals surface area contributed by atoms with Gasteiger partial charge in [-0.05, 0) is 24.6 Å². The number of hydrogen-bond acceptors (Lipinski definition) is 8. The molecule has 0 radical (unpaired) electrons. The highest BCUT2D eigenvalue weighted by Gasteiger charge is 2.28. The van der Waals surface area contributed by atoms with Gasteiger partial charge in [-0.2, -0.15) is 4.98 Å². The van der Waals surface area contributed by atoms with Crippen molar-refractivity contribution in [2.75, 3.05) is 62.6 Å². The molecule has 1 fully saturated rings. The van der Waals surface area contributed by atoms with Gasteiger partial charge in [0.05, 0.1) is 43.2 Å². The maximum atomic E-state index is 15.5. The number of pyridine rings is 1. The molecule has 1 amide bonds. The largest absolute Gasteiger partial charge is 0.377 e. The molecule has 4 rings (SSSR count). The van der Waals surface area contributed by atoms with E-state index in [1.807, 2.05) is 0 Å². The Bertz CT molecular complexity index is 1510. The van der Waals surface area contributed by atoms with Crippen molar-refractivity contribution in [2.24, 2.45) is 7.05 Å². The van der Waals surface area contributed by atoms with Gasteiger partial charge in [-0.1, -0.05) is 0 Å². The summed E-state index contributed by atoms with van der Waals surface area (Å²) in [6, 6.07) is 3.34. The zero-order valence-corrected chi connectivity index (χ0v) is 23.9. The van der Waals surface area contributed by atoms with Gasteiger partial charge in [0, 0.05) is 51.7 Å². The molecule has 0 bridgehead atoms. The molecule has 0 spiro atoms. The number of halogens is 3. The van der Waals surface area contributed by atoms with Gasteiger partial charge in [0.1, 0.15) is 17.6 Å². The van der Waals surface area contributed by atoms with Crippen LogP contribution in [0, 0.1) is 11.6 Å². The summed E-state index contributed by atoms with van der Waals surface area (Å²) in [4.78, 5) is 32.6. The number of aromatic nitrogens is 3. The Balaban J connectivity index is 1.41. The average molecular weight is 612 g/mol. The first-order chi connectivity index (χ1) is 20.2. The van der Waals surface area contributed by atoms with Gasteiger partial charge >= 0.3 is 0 Å². The molecule has 0 saturated carbocycles. The number of fused-ring (bicyclic) bond motifs is 1. The van der Waals surface area contributed by atoms with Crippen molar-refractivity contribution in [1.29, 1.82) is 0 Å². The molecule has 0 aliphatic carbocycles. The Morgan fingerprint density at radius 3 is 2.60 bits per heavy atom. The maximum absolute atomic E-state index is 15.5. The fourth-order valence-electron chi connectivity index (χ4n) is 4.24. The second kappa shape index (κ2) is 14.5. The van der Waals surface area contributed by atoms with Crippen molar-refractivity contribution < 1.29 is 31.6 Å². The summed E-state index contributed by atoms with van der Waals surface area (Å²) in [5.41, 5.74) is -1.62. The molecule has 1 aliphatic heterocycles. The average Bonchev–Trinajstić information content (AvgIpc) is 3.40. The number of nitrogens with zero attached hydrogens (tertiary/aromatic N) is 4. The lowest BCUT2D eigenvalue weighted by molar-refractivity contribution is -0.119. The molecule has 2 atom stereocenters. The molecule has 1 aromatic carbocycles. The number of aryl methyl sites for hydroxylation is 1. The number of alkyl halides is 1. The van der Waals surface area contributed by atoms with Crippen molar-refractivity contribution in [1.82, 2.24) is 24.2 Å². The summed E-state index contributed by atoms with van der Waals surface area (Å²) in [5.74, 6) is -1.98. The highest BCUT2D eigenvalue weighted by molar-refractivity contribution is 7.84. The number of rotatable bonds is 14. The van der Waals surface area contributed by atoms with Crippen LogP contribution in [0.15, 0.2) is 29.2 Å². The van der Waals surface area contributed by atoms with Gasteiger partial charge in [-0.3, -0.25) is 18.9 Å². The number of anilines is 2. The third-order valence-electron chi connectivity index (χ3n) is 6.36. The molecular weight excluding hydrogens is 579 g/mol. The fraction of sp³-hybridized carbons (Fsp3) is 0.462. The number of carbonyl (C=O) groups excluding carboxylic acids is 1. The predicted molar refractivity (Wildman–Crippen MR) is 152 cm³/mol. The summed E-state index contributed by atoms with van der Waals surface area (Å²) < 4.78 is 72.2. The van der Waals surface area contributed by atoms with Crippen LogP contribution < -0.4 is 20.9 Å². The van der Waals surface area contributed by atoms with Crippen LogP contribution >= 0.6 is 0 Å². The van der Waals surface area contributed by atoms with Crippen LogP contribution in [0.5, 0.6) is 0 Å². The van der Waals surface area contributed by atoms with E-state index >= 15 is 4.39 Å². The zero-order chi connectivity index (χ0) is 30.2. The second-order valence-electron chi connectivity index (χ2n) is 9.44. The molecular formula is C26H32F3N7O5S. The van der Waals surface area contributed by atoms with Gasteiger partial charge in [-0.25, -0.2) is 26.7 Å². The third kappa shape index (κ3) is 7.81. The van der Waals surface area contributed by atoms with Crippen LogP contribution in [0.25, 0.3) is 22.2 Å². The lowest BCUT2D eigenvalue weighted by Gasteiger charge is -2.17. The van der Waals surface area contributed by atoms with Crippen molar-refractivity contribution in [2.45, 2.75) is 19.5 Å². The van der Waals surface area contributed by atoms with E-state index in [0.29, 0.717) is 44.9 Å². The molecule has 16 heteroatoms. The standard InChI is InChI=1S/C26H32F3N7O5S/c1-16(37)30-6-9-40-11-12-41-10-7-31-26-32-14-17-13-19(25(38)35(2)24(17)33-26)22-20(28)3-4-21(23(22)29)34-42(39)36-8-5-18(27)15-36/h3-4,13-14,18,34H,5-12,15H2,1-2H3,(H,30,37)(H,31,32,33)/t18-,42?/m1/s1. The molecule has 2 aromatic heterocycles. The number of benzene rings is 1. The normalized spacial score (nSPS) is 16.1. The van der Waals surface area contributed by atoms with Crippen molar-refractivity contribution in [3.05, 3.63) is 46.4 Å². The van der Waals surface area contributed by atoms with Crippen molar-refractivity contribution >= 4 is 39.7 Å². The number of hydrogen-bond donors (Lipinski definition) is 3. The van der Waals surface area contributed by atoms with E-state index in [-0.39, 0.29) is 48.3 Å². The quantitative estimate of drug-likeness (QED) is 0.235. The first kappa shape index (κ1) is 31.3. The Hall–Kier alpha value is -3.60. The minimum absolute atomic E-state index is 0.0680. The van der Waals surface area contributed by atoms with Crippen LogP contribution in [0.1, 0.15) is 13.3 Å². The van der Waals surface area contributed by atoms with Crippen LogP contribution in [0.4, 0.5) is 24.8 Å². The van der Waals surface area contributed by atoms with Crippen LogP contribution in [-0.4, -0.2) is 87.7 Å². The summed E-state index contributed by atoms with van der Waals surface area (Å²) in [6.07, 6.45) is 0.504. The van der Waals surface area contributed by atoms with Crippen molar-refractivity contribution in [3.8, 4) is 11.1 Å². The first-order valence-electron chi connectivity index (χ1n) is 13.2. The smallest absolute Gasteiger partial charge is 0.260 e. The summed E-state index contributed by atoms with van der Waals surface area (Å²) in [6.45, 7) is 3.82. The Labute approximate surface area is 242 Å². The number of nitrogens with one attached hydrogen (secondary N) is 3. The van der Waals surface area contributed by atoms with E-state index in [1.165, 1.54) is 30.5 Å². The van der Waals surface area contributed by atoms with Crippen LogP contribution in [0.3, 0.4) is 0 Å². The fourth-order valence-corrected chi connectivity index (χ4v) is 5.29. The summed E-state index contributed by atoms with van der Waals surface area (Å²) in [5, 5.41) is 5.97. The molecule has 3 N–H and O–H groups in total. The monoisotopic (exact) mass is 611 g/mol. The molecule has 1 unspecified atom stereocenters. The van der Waals surface area contributed by atoms with Gasteiger partial charge in [0.15, 0.2) is 17.0 Å². The van der Waals surface area contributed by atoms with E-state index in [4.69, 9.17) is 9.47 Å². The van der Waals surface area contributed by atoms with Crippen LogP contribution in [0.2, 0.25) is 0 Å². The summed E-state index contributed by atoms with van der Waals surface area (Å²) in [7, 11) is 1.42. The SMILES string of the molecule is CC(=O)NCCOCCOCCNc1ncc2cc(-c3c(F)ccc(NS(=O)N4CC[C@@H](F)C4)c3F)c(=O)n(C)c2n1. The van der Waals surface area contributed by atoms with Crippen molar-refractivity contribution in [3.63, 3.8) is 0 Å². The molecule has 3 heterocycles. The molecule has 228 valence electrons. The Kier molecular flexibility index (Phi) is 10.8. The summed E-state index contributed by atoms with van der Waals surface area (Å²) >= 11 is -1.95. The number of carbonyl (C=O) groups is 1. The topological polar surface area (TPSA) is 140 Å². The Morgan fingerprint density at radius 2 is 1.90 bits per heavy atom. The van der Waals surface area contributed by atoms with E-state index in [9.17, 15) is 22.6 Å². The Morgan fingerprint density at radius 1 is 1.17 bits per heavy atom. The molecule has 12 nitrogen and oxygen atoms in total. The maximum Gasteiger partial charge on any atom is 0.260 e. The van der Waals surface area contributed by atoms with E-state index in [1.54, 1.807) is 0 Å². The highest BCUT2D eigenvalue weighted by atomic mass is 32.2. The van der Waals surface area contributed by atoms with Gasteiger partial charge < -0.3 is 20.1 Å². The molecule has 1 aliphatic rings. The number of ether oxygens (including phenoxy) is 2. The minimum Gasteiger partial charge on any atom is -0.377 e. The molecule has 3 aromatic rings. The molecule has 1 saturated heterocycles. The van der Waals surface area contributed by atoms with E-state index in [2.05, 4.69) is 25.3 Å². The minimum atomic E-state index is -1.95. The third-order valence-corrected chi connectivity index (χ3v) is 7.55. The van der Waals surface area contributed by atoms with E-state index < -0.39 is 40.1 Å². The van der Waals surface area contributed by atoms with E-state index in [0.717, 1.165) is 16.7 Å². The predicted octanol–water partition coefficient (Wildman–Crippen LogP) is 1.89. The first-order valence-corrected chi connectivity index (χ1v) is 14.3. The lowest BCUT2D eigenvalue weighted by Crippen LogP contribution is -2.29. The van der Waals surface area contributed by atoms with Crippen LogP contribution in [-0.2, 0) is 32.5 Å². The number of amides is 1. The lowest BCUT2D eigenvalue weighted by atomic mass is 10.0. The zero-order valence-electron chi connectivity index (χ0n) is 23.1. The van der Waals surface area contributed by atoms with Gasteiger partial charge in [-0.15, -0.1) is 0 Å². The van der Waals surface area contributed by atoms with Gasteiger partial charge in [0.25, 0.3) is 5.56 Å². The molecule has 42 heavy (non-hydrogen) atoms.